The van der Waals surface area contributed by atoms with Crippen molar-refractivity contribution in [2.45, 2.75) is 31.1 Å². The SMILES string of the molecule is c1ccn2ncc(CNCC3CCCCS3)c2c1. The van der Waals surface area contributed by atoms with Crippen LogP contribution in [0.4, 0.5) is 0 Å². The molecule has 1 fully saturated rings. The minimum atomic E-state index is 0.806. The fourth-order valence-corrected chi connectivity index (χ4v) is 3.73. The third-order valence-corrected chi connectivity index (χ3v) is 4.87. The Bertz CT molecular complexity index is 502. The number of nitrogens with one attached hydrogen (secondary N) is 1. The van der Waals surface area contributed by atoms with E-state index in [9.17, 15) is 0 Å². The summed E-state index contributed by atoms with van der Waals surface area (Å²) in [4.78, 5) is 0. The minimum Gasteiger partial charge on any atom is -0.311 e. The van der Waals surface area contributed by atoms with Crippen molar-refractivity contribution < 1.29 is 0 Å². The van der Waals surface area contributed by atoms with E-state index >= 15 is 0 Å². The highest BCUT2D eigenvalue weighted by Gasteiger charge is 2.13. The average Bonchev–Trinajstić information content (AvgIpc) is 2.84. The van der Waals surface area contributed by atoms with Crippen LogP contribution in [0, 0.1) is 0 Å². The van der Waals surface area contributed by atoms with Gasteiger partial charge in [-0.1, -0.05) is 12.5 Å². The summed E-state index contributed by atoms with van der Waals surface area (Å²) in [5.41, 5.74) is 2.50. The molecule has 0 aromatic carbocycles. The first kappa shape index (κ1) is 12.1. The van der Waals surface area contributed by atoms with Gasteiger partial charge in [-0.2, -0.15) is 16.9 Å². The summed E-state index contributed by atoms with van der Waals surface area (Å²) in [7, 11) is 0. The summed E-state index contributed by atoms with van der Waals surface area (Å²) in [6.07, 6.45) is 8.13. The number of thioether (sulfide) groups is 1. The molecule has 1 N–H and O–H groups in total. The number of nitrogens with zero attached hydrogens (tertiary/aromatic N) is 2. The Morgan fingerprint density at radius 3 is 3.28 bits per heavy atom. The number of hydrogen-bond donors (Lipinski definition) is 1. The van der Waals surface area contributed by atoms with E-state index < -0.39 is 0 Å². The first-order valence-electron chi connectivity index (χ1n) is 6.67. The van der Waals surface area contributed by atoms with Gasteiger partial charge >= 0.3 is 0 Å². The Kier molecular flexibility index (Phi) is 3.86. The van der Waals surface area contributed by atoms with E-state index in [1.165, 1.54) is 36.1 Å². The van der Waals surface area contributed by atoms with Gasteiger partial charge in [0, 0.05) is 30.1 Å². The van der Waals surface area contributed by atoms with Crippen molar-refractivity contribution >= 4 is 17.3 Å². The number of rotatable bonds is 4. The van der Waals surface area contributed by atoms with Gasteiger partial charge in [0.15, 0.2) is 0 Å². The molecule has 1 aliphatic rings. The molecule has 0 spiro atoms. The van der Waals surface area contributed by atoms with Crippen molar-refractivity contribution in [1.29, 1.82) is 0 Å². The predicted molar refractivity (Wildman–Crippen MR) is 77.0 cm³/mol. The van der Waals surface area contributed by atoms with Crippen molar-refractivity contribution in [2.75, 3.05) is 12.3 Å². The Morgan fingerprint density at radius 1 is 1.39 bits per heavy atom. The zero-order valence-corrected chi connectivity index (χ0v) is 11.3. The van der Waals surface area contributed by atoms with Crippen LogP contribution < -0.4 is 5.32 Å². The quantitative estimate of drug-likeness (QED) is 0.917. The summed E-state index contributed by atoms with van der Waals surface area (Å²) in [6.45, 7) is 2.04. The van der Waals surface area contributed by atoms with Crippen LogP contribution in [-0.4, -0.2) is 27.2 Å². The van der Waals surface area contributed by atoms with Gasteiger partial charge in [-0.25, -0.2) is 4.52 Å². The second-order valence-electron chi connectivity index (χ2n) is 4.82. The second kappa shape index (κ2) is 5.76. The average molecular weight is 261 g/mol. The highest BCUT2D eigenvalue weighted by molar-refractivity contribution is 7.99. The van der Waals surface area contributed by atoms with Gasteiger partial charge in [0.05, 0.1) is 11.7 Å². The van der Waals surface area contributed by atoms with E-state index in [4.69, 9.17) is 0 Å². The lowest BCUT2D eigenvalue weighted by atomic mass is 10.2. The Balaban J connectivity index is 1.56. The summed E-state index contributed by atoms with van der Waals surface area (Å²) >= 11 is 2.12. The molecule has 96 valence electrons. The van der Waals surface area contributed by atoms with Gasteiger partial charge in [0.2, 0.25) is 0 Å². The van der Waals surface area contributed by atoms with Crippen LogP contribution >= 0.6 is 11.8 Å². The number of pyridine rings is 1. The summed E-state index contributed by atoms with van der Waals surface area (Å²) in [5, 5.41) is 8.74. The van der Waals surface area contributed by atoms with Gasteiger partial charge in [-0.15, -0.1) is 0 Å². The third-order valence-electron chi connectivity index (χ3n) is 3.47. The summed E-state index contributed by atoms with van der Waals surface area (Å²) in [5.74, 6) is 1.34. The van der Waals surface area contributed by atoms with Crippen molar-refractivity contribution in [3.8, 4) is 0 Å². The molecular formula is C14H19N3S. The molecule has 1 aliphatic heterocycles. The van der Waals surface area contributed by atoms with Crippen LogP contribution in [0.5, 0.6) is 0 Å². The highest BCUT2D eigenvalue weighted by Crippen LogP contribution is 2.24. The number of fused-ring (bicyclic) bond motifs is 1. The van der Waals surface area contributed by atoms with E-state index in [2.05, 4.69) is 34.3 Å². The molecule has 3 heterocycles. The van der Waals surface area contributed by atoms with Gasteiger partial charge in [0.1, 0.15) is 0 Å². The molecular weight excluding hydrogens is 242 g/mol. The van der Waals surface area contributed by atoms with Crippen LogP contribution in [0.15, 0.2) is 30.6 Å². The van der Waals surface area contributed by atoms with E-state index in [-0.39, 0.29) is 0 Å². The van der Waals surface area contributed by atoms with Crippen LogP contribution in [0.1, 0.15) is 24.8 Å². The molecule has 0 amide bonds. The fourth-order valence-electron chi connectivity index (χ4n) is 2.46. The highest BCUT2D eigenvalue weighted by atomic mass is 32.2. The maximum Gasteiger partial charge on any atom is 0.0706 e. The molecule has 2 aromatic heterocycles. The monoisotopic (exact) mass is 261 g/mol. The molecule has 0 saturated carbocycles. The van der Waals surface area contributed by atoms with Crippen molar-refractivity contribution in [3.05, 3.63) is 36.2 Å². The Hall–Kier alpha value is -1.00. The Morgan fingerprint density at radius 2 is 2.39 bits per heavy atom. The lowest BCUT2D eigenvalue weighted by Gasteiger charge is -2.21. The van der Waals surface area contributed by atoms with Gasteiger partial charge in [-0.05, 0) is 30.7 Å². The van der Waals surface area contributed by atoms with Crippen molar-refractivity contribution in [3.63, 3.8) is 0 Å². The van der Waals surface area contributed by atoms with Gasteiger partial charge in [0.25, 0.3) is 0 Å². The largest absolute Gasteiger partial charge is 0.311 e. The molecule has 0 bridgehead atoms. The molecule has 4 heteroatoms. The minimum absolute atomic E-state index is 0.806. The lowest BCUT2D eigenvalue weighted by Crippen LogP contribution is -2.26. The van der Waals surface area contributed by atoms with E-state index in [1.54, 1.807) is 0 Å². The molecule has 1 unspecified atom stereocenters. The predicted octanol–water partition coefficient (Wildman–Crippen LogP) is 2.71. The molecule has 1 saturated heterocycles. The topological polar surface area (TPSA) is 29.3 Å². The van der Waals surface area contributed by atoms with Gasteiger partial charge in [-0.3, -0.25) is 0 Å². The number of aromatic nitrogens is 2. The van der Waals surface area contributed by atoms with Crippen LogP contribution in [0.25, 0.3) is 5.52 Å². The molecule has 3 nitrogen and oxygen atoms in total. The summed E-state index contributed by atoms with van der Waals surface area (Å²) in [6, 6.07) is 6.20. The van der Waals surface area contributed by atoms with E-state index in [1.807, 2.05) is 23.0 Å². The van der Waals surface area contributed by atoms with Crippen LogP contribution in [-0.2, 0) is 6.54 Å². The maximum absolute atomic E-state index is 4.36. The molecule has 0 radical (unpaired) electrons. The second-order valence-corrected chi connectivity index (χ2v) is 6.23. The molecule has 18 heavy (non-hydrogen) atoms. The molecule has 3 rings (SSSR count). The van der Waals surface area contributed by atoms with Gasteiger partial charge < -0.3 is 5.32 Å². The zero-order valence-electron chi connectivity index (χ0n) is 10.5. The first-order valence-corrected chi connectivity index (χ1v) is 7.72. The fraction of sp³-hybridized carbons (Fsp3) is 0.500. The van der Waals surface area contributed by atoms with Crippen LogP contribution in [0.3, 0.4) is 0 Å². The smallest absolute Gasteiger partial charge is 0.0706 e. The summed E-state index contributed by atoms with van der Waals surface area (Å²) < 4.78 is 1.94. The van der Waals surface area contributed by atoms with Crippen molar-refractivity contribution in [2.24, 2.45) is 0 Å². The maximum atomic E-state index is 4.36. The number of hydrogen-bond acceptors (Lipinski definition) is 3. The van der Waals surface area contributed by atoms with Crippen molar-refractivity contribution in [1.82, 2.24) is 14.9 Å². The molecule has 0 aliphatic carbocycles. The molecule has 1 atom stereocenters. The standard InChI is InChI=1S/C14H19N3S/c1-3-7-17-14(6-1)12(10-16-17)9-15-11-13-5-2-4-8-18-13/h1,3,6-7,10,13,15H,2,4-5,8-9,11H2. The first-order chi connectivity index (χ1) is 8.93. The lowest BCUT2D eigenvalue weighted by molar-refractivity contribution is 0.599. The van der Waals surface area contributed by atoms with Crippen LogP contribution in [0.2, 0.25) is 0 Å². The third kappa shape index (κ3) is 2.70. The Labute approximate surface area is 112 Å². The van der Waals surface area contributed by atoms with E-state index in [0.717, 1.165) is 18.3 Å². The molecule has 2 aromatic rings. The normalized spacial score (nSPS) is 20.3. The zero-order chi connectivity index (χ0) is 12.2. The van der Waals surface area contributed by atoms with E-state index in [0.29, 0.717) is 0 Å².